The van der Waals surface area contributed by atoms with Crippen LogP contribution in [0.2, 0.25) is 5.02 Å². The Bertz CT molecular complexity index is 1090. The number of hydrogen-bond donors (Lipinski definition) is 1. The Balaban J connectivity index is 1.54. The van der Waals surface area contributed by atoms with E-state index in [1.165, 1.54) is 18.7 Å². The molecule has 9 heteroatoms. The number of anilines is 2. The third kappa shape index (κ3) is 5.08. The Morgan fingerprint density at radius 1 is 1.10 bits per heavy atom. The second-order valence-electron chi connectivity index (χ2n) is 7.26. The number of carbonyl (C=O) groups excluding carboxylic acids is 2. The van der Waals surface area contributed by atoms with E-state index in [4.69, 9.17) is 11.6 Å². The van der Waals surface area contributed by atoms with Crippen LogP contribution in [-0.2, 0) is 4.79 Å². The van der Waals surface area contributed by atoms with Crippen molar-refractivity contribution in [1.29, 1.82) is 0 Å². The average molecular weight is 456 g/mol. The summed E-state index contributed by atoms with van der Waals surface area (Å²) in [7, 11) is 0. The minimum Gasteiger partial charge on any atom is -0.341 e. The summed E-state index contributed by atoms with van der Waals surface area (Å²) >= 11 is 7.57. The van der Waals surface area contributed by atoms with Crippen molar-refractivity contribution in [2.75, 3.05) is 29.1 Å². The molecule has 0 bridgehead atoms. The maximum absolute atomic E-state index is 12.7. The number of benzene rings is 2. The van der Waals surface area contributed by atoms with E-state index in [0.29, 0.717) is 21.4 Å². The fourth-order valence-corrected chi connectivity index (χ4v) is 4.50. The standard InChI is InChI=1S/C22H22ClN5O2S/c1-15(29)24-18-9-7-16(8-10-18)20(30)14-31-22-26-25-21(27-11-2-3-12-27)28(22)19-6-4-5-17(23)13-19/h4-10,13H,2-3,11-12,14H2,1H3,(H,24,29). The molecule has 1 fully saturated rings. The van der Waals surface area contributed by atoms with Crippen molar-refractivity contribution >= 4 is 46.7 Å². The highest BCUT2D eigenvalue weighted by Crippen LogP contribution is 2.30. The summed E-state index contributed by atoms with van der Waals surface area (Å²) in [4.78, 5) is 26.1. The van der Waals surface area contributed by atoms with Gasteiger partial charge in [-0.1, -0.05) is 29.4 Å². The number of nitrogens with zero attached hydrogens (tertiary/aromatic N) is 4. The van der Waals surface area contributed by atoms with Crippen molar-refractivity contribution in [3.63, 3.8) is 0 Å². The molecule has 31 heavy (non-hydrogen) atoms. The molecule has 1 aliphatic rings. The normalized spacial score (nSPS) is 13.4. The van der Waals surface area contributed by atoms with Crippen LogP contribution in [0.4, 0.5) is 11.6 Å². The molecular weight excluding hydrogens is 434 g/mol. The van der Waals surface area contributed by atoms with Crippen LogP contribution in [0.25, 0.3) is 5.69 Å². The van der Waals surface area contributed by atoms with E-state index in [9.17, 15) is 9.59 Å². The highest BCUT2D eigenvalue weighted by molar-refractivity contribution is 7.99. The number of carbonyl (C=O) groups is 2. The third-order valence-electron chi connectivity index (χ3n) is 4.93. The van der Waals surface area contributed by atoms with Gasteiger partial charge in [0.1, 0.15) is 0 Å². The molecule has 2 aromatic carbocycles. The van der Waals surface area contributed by atoms with Gasteiger partial charge in [-0.15, -0.1) is 10.2 Å². The van der Waals surface area contributed by atoms with Gasteiger partial charge >= 0.3 is 0 Å². The molecule has 1 amide bonds. The first-order valence-corrected chi connectivity index (χ1v) is 11.4. The van der Waals surface area contributed by atoms with Gasteiger partial charge in [-0.05, 0) is 55.3 Å². The summed E-state index contributed by atoms with van der Waals surface area (Å²) in [6.07, 6.45) is 2.25. The highest BCUT2D eigenvalue weighted by Gasteiger charge is 2.23. The van der Waals surface area contributed by atoms with Gasteiger partial charge in [-0.2, -0.15) is 0 Å². The fraction of sp³-hybridized carbons (Fsp3) is 0.273. The number of nitrogens with one attached hydrogen (secondary N) is 1. The van der Waals surface area contributed by atoms with Crippen molar-refractivity contribution < 1.29 is 9.59 Å². The van der Waals surface area contributed by atoms with Crippen LogP contribution >= 0.6 is 23.4 Å². The molecule has 0 atom stereocenters. The Hall–Kier alpha value is -2.84. The maximum atomic E-state index is 12.7. The van der Waals surface area contributed by atoms with Crippen LogP contribution in [0.5, 0.6) is 0 Å². The van der Waals surface area contributed by atoms with Crippen LogP contribution in [0, 0.1) is 0 Å². The lowest BCUT2D eigenvalue weighted by Crippen LogP contribution is -2.22. The molecule has 1 N–H and O–H groups in total. The molecule has 2 heterocycles. The number of aromatic nitrogens is 3. The van der Waals surface area contributed by atoms with Crippen molar-refractivity contribution in [2.45, 2.75) is 24.9 Å². The van der Waals surface area contributed by atoms with E-state index < -0.39 is 0 Å². The van der Waals surface area contributed by atoms with Gasteiger partial charge in [0.05, 0.1) is 11.4 Å². The predicted octanol–water partition coefficient (Wildman–Crippen LogP) is 4.45. The summed E-state index contributed by atoms with van der Waals surface area (Å²) in [5.41, 5.74) is 2.11. The van der Waals surface area contributed by atoms with Gasteiger partial charge in [0.2, 0.25) is 11.9 Å². The molecule has 7 nitrogen and oxygen atoms in total. The number of thioether (sulfide) groups is 1. The summed E-state index contributed by atoms with van der Waals surface area (Å²) in [5.74, 6) is 0.818. The van der Waals surface area contributed by atoms with Crippen LogP contribution < -0.4 is 10.2 Å². The molecule has 0 radical (unpaired) electrons. The second kappa shape index (κ2) is 9.53. The summed E-state index contributed by atoms with van der Waals surface area (Å²) in [5, 5.41) is 12.8. The monoisotopic (exact) mass is 455 g/mol. The zero-order valence-electron chi connectivity index (χ0n) is 17.0. The number of amides is 1. The van der Waals surface area contributed by atoms with Gasteiger partial charge < -0.3 is 10.2 Å². The van der Waals surface area contributed by atoms with E-state index in [1.54, 1.807) is 24.3 Å². The van der Waals surface area contributed by atoms with E-state index in [1.807, 2.05) is 28.8 Å². The lowest BCUT2D eigenvalue weighted by Gasteiger charge is -2.18. The number of hydrogen-bond acceptors (Lipinski definition) is 6. The molecule has 4 rings (SSSR count). The van der Waals surface area contributed by atoms with Crippen molar-refractivity contribution in [3.05, 3.63) is 59.1 Å². The van der Waals surface area contributed by atoms with E-state index in [2.05, 4.69) is 20.4 Å². The Morgan fingerprint density at radius 2 is 1.84 bits per heavy atom. The lowest BCUT2D eigenvalue weighted by atomic mass is 10.1. The Morgan fingerprint density at radius 3 is 2.52 bits per heavy atom. The van der Waals surface area contributed by atoms with Crippen molar-refractivity contribution in [3.8, 4) is 5.69 Å². The van der Waals surface area contributed by atoms with Gasteiger partial charge in [0, 0.05) is 36.3 Å². The number of rotatable bonds is 7. The SMILES string of the molecule is CC(=O)Nc1ccc(C(=O)CSc2nnc(N3CCCC3)n2-c2cccc(Cl)c2)cc1. The Kier molecular flexibility index (Phi) is 6.58. The number of halogens is 1. The van der Waals surface area contributed by atoms with Gasteiger partial charge in [0.25, 0.3) is 0 Å². The zero-order valence-corrected chi connectivity index (χ0v) is 18.6. The topological polar surface area (TPSA) is 80.1 Å². The van der Waals surface area contributed by atoms with Crippen LogP contribution in [0.15, 0.2) is 53.7 Å². The van der Waals surface area contributed by atoms with E-state index >= 15 is 0 Å². The third-order valence-corrected chi connectivity index (χ3v) is 6.10. The molecule has 0 unspecified atom stereocenters. The molecule has 1 saturated heterocycles. The van der Waals surface area contributed by atoms with Gasteiger partial charge in [-0.3, -0.25) is 14.2 Å². The maximum Gasteiger partial charge on any atom is 0.232 e. The van der Waals surface area contributed by atoms with E-state index in [-0.39, 0.29) is 17.4 Å². The molecule has 160 valence electrons. The Labute approximate surface area is 189 Å². The van der Waals surface area contributed by atoms with Crippen LogP contribution in [-0.4, -0.2) is 45.3 Å². The average Bonchev–Trinajstić information content (AvgIpc) is 3.42. The van der Waals surface area contributed by atoms with Gasteiger partial charge in [0.15, 0.2) is 10.9 Å². The smallest absolute Gasteiger partial charge is 0.232 e. The summed E-state index contributed by atoms with van der Waals surface area (Å²) < 4.78 is 1.97. The van der Waals surface area contributed by atoms with Crippen LogP contribution in [0.3, 0.4) is 0 Å². The number of Topliss-reactive ketones (excluding diaryl/α,β-unsaturated/α-hetero) is 1. The highest BCUT2D eigenvalue weighted by atomic mass is 35.5. The molecule has 1 aliphatic heterocycles. The predicted molar refractivity (Wildman–Crippen MR) is 124 cm³/mol. The molecule has 3 aromatic rings. The first-order chi connectivity index (χ1) is 15.0. The van der Waals surface area contributed by atoms with Gasteiger partial charge in [-0.25, -0.2) is 0 Å². The quantitative estimate of drug-likeness (QED) is 0.418. The first-order valence-electron chi connectivity index (χ1n) is 10.0. The number of ketones is 1. The summed E-state index contributed by atoms with van der Waals surface area (Å²) in [6.45, 7) is 3.31. The molecule has 0 aliphatic carbocycles. The minimum absolute atomic E-state index is 0.0252. The zero-order chi connectivity index (χ0) is 21.8. The molecule has 0 spiro atoms. The molecule has 0 saturated carbocycles. The van der Waals surface area contributed by atoms with Crippen molar-refractivity contribution in [2.24, 2.45) is 0 Å². The molecule has 1 aromatic heterocycles. The van der Waals surface area contributed by atoms with E-state index in [0.717, 1.165) is 37.6 Å². The van der Waals surface area contributed by atoms with Crippen molar-refractivity contribution in [1.82, 2.24) is 14.8 Å². The first kappa shape index (κ1) is 21.4. The van der Waals surface area contributed by atoms with Crippen LogP contribution in [0.1, 0.15) is 30.1 Å². The minimum atomic E-state index is -0.149. The fourth-order valence-electron chi connectivity index (χ4n) is 3.47. The lowest BCUT2D eigenvalue weighted by molar-refractivity contribution is -0.114. The second-order valence-corrected chi connectivity index (χ2v) is 8.64. The molecular formula is C22H22ClN5O2S. The summed E-state index contributed by atoms with van der Waals surface area (Å²) in [6, 6.07) is 14.4. The largest absolute Gasteiger partial charge is 0.341 e.